The largest absolute Gasteiger partial charge is 0.394 e. The second kappa shape index (κ2) is 4.81. The van der Waals surface area contributed by atoms with E-state index in [1.54, 1.807) is 0 Å². The predicted molar refractivity (Wildman–Crippen MR) is 64.0 cm³/mol. The number of likely N-dealkylation sites (N-methyl/N-ethyl adjacent to an activating group) is 1. The Hall–Kier alpha value is -0.120. The average molecular weight is 214 g/mol. The Morgan fingerprint density at radius 1 is 1.27 bits per heavy atom. The van der Waals surface area contributed by atoms with Crippen molar-refractivity contribution in [2.45, 2.75) is 38.6 Å². The van der Waals surface area contributed by atoms with Gasteiger partial charge in [-0.2, -0.15) is 0 Å². The summed E-state index contributed by atoms with van der Waals surface area (Å²) in [5.41, 5.74) is 0.164. The molecule has 0 aliphatic heterocycles. The van der Waals surface area contributed by atoms with Crippen LogP contribution in [0.4, 0.5) is 0 Å². The highest BCUT2D eigenvalue weighted by atomic mass is 16.3. The van der Waals surface area contributed by atoms with Crippen molar-refractivity contribution in [3.05, 3.63) is 0 Å². The molecule has 1 rings (SSSR count). The van der Waals surface area contributed by atoms with Gasteiger partial charge in [0.05, 0.1) is 6.61 Å². The number of aliphatic hydroxyl groups is 1. The van der Waals surface area contributed by atoms with Crippen molar-refractivity contribution in [2.75, 3.05) is 33.8 Å². The summed E-state index contributed by atoms with van der Waals surface area (Å²) >= 11 is 0. The van der Waals surface area contributed by atoms with Crippen molar-refractivity contribution in [3.8, 4) is 0 Å². The third-order valence-electron chi connectivity index (χ3n) is 3.99. The number of rotatable bonds is 5. The zero-order valence-corrected chi connectivity index (χ0v) is 10.6. The lowest BCUT2D eigenvalue weighted by molar-refractivity contribution is 0.0738. The molecule has 2 N–H and O–H groups in total. The van der Waals surface area contributed by atoms with Crippen molar-refractivity contribution < 1.29 is 5.11 Å². The molecule has 1 fully saturated rings. The Bertz CT molecular complexity index is 204. The van der Waals surface area contributed by atoms with Gasteiger partial charge in [0.2, 0.25) is 0 Å². The summed E-state index contributed by atoms with van der Waals surface area (Å²) in [7, 11) is 4.15. The molecule has 3 nitrogen and oxygen atoms in total. The van der Waals surface area contributed by atoms with Gasteiger partial charge in [0.25, 0.3) is 0 Å². The lowest BCUT2D eigenvalue weighted by Crippen LogP contribution is -2.56. The second-order valence-electron chi connectivity index (χ2n) is 5.71. The van der Waals surface area contributed by atoms with Gasteiger partial charge in [0, 0.05) is 18.6 Å². The third-order valence-corrected chi connectivity index (χ3v) is 3.99. The van der Waals surface area contributed by atoms with Crippen LogP contribution in [0.25, 0.3) is 0 Å². The minimum atomic E-state index is -0.0526. The van der Waals surface area contributed by atoms with Crippen molar-refractivity contribution in [1.29, 1.82) is 0 Å². The molecule has 0 saturated heterocycles. The molecular formula is C12H26N2O. The van der Waals surface area contributed by atoms with Crippen LogP contribution in [0.2, 0.25) is 0 Å². The maximum Gasteiger partial charge on any atom is 0.0618 e. The Kier molecular flexibility index (Phi) is 4.15. The smallest absolute Gasteiger partial charge is 0.0618 e. The average Bonchev–Trinajstić information content (AvgIpc) is 2.42. The summed E-state index contributed by atoms with van der Waals surface area (Å²) in [5.74, 6) is 0. The lowest BCUT2D eigenvalue weighted by atomic mass is 9.75. The van der Waals surface area contributed by atoms with E-state index in [1.807, 2.05) is 0 Å². The molecule has 0 bridgehead atoms. The van der Waals surface area contributed by atoms with E-state index in [0.717, 1.165) is 19.5 Å². The van der Waals surface area contributed by atoms with E-state index >= 15 is 0 Å². The molecule has 0 spiro atoms. The molecule has 0 aromatic rings. The standard InChI is InChI=1S/C12H26N2O/c1-11(2)6-5-7-12(11,10-15)13-8-9-14(3)4/h13,15H,5-10H2,1-4H3. The lowest BCUT2D eigenvalue weighted by Gasteiger charge is -2.41. The number of aliphatic hydroxyl groups excluding tert-OH is 1. The van der Waals surface area contributed by atoms with E-state index in [2.05, 4.69) is 38.2 Å². The Morgan fingerprint density at radius 2 is 1.93 bits per heavy atom. The number of hydrogen-bond acceptors (Lipinski definition) is 3. The number of nitrogens with one attached hydrogen (secondary N) is 1. The SMILES string of the molecule is CN(C)CCNC1(CO)CCCC1(C)C. The monoisotopic (exact) mass is 214 g/mol. The minimum Gasteiger partial charge on any atom is -0.394 e. The molecule has 1 atom stereocenters. The molecule has 1 aliphatic rings. The summed E-state index contributed by atoms with van der Waals surface area (Å²) < 4.78 is 0. The fourth-order valence-corrected chi connectivity index (χ4v) is 2.61. The highest BCUT2D eigenvalue weighted by Crippen LogP contribution is 2.45. The van der Waals surface area contributed by atoms with Gasteiger partial charge in [0.1, 0.15) is 0 Å². The molecule has 1 saturated carbocycles. The molecule has 15 heavy (non-hydrogen) atoms. The van der Waals surface area contributed by atoms with Crippen LogP contribution in [-0.4, -0.2) is 49.3 Å². The Balaban J connectivity index is 2.53. The molecule has 0 radical (unpaired) electrons. The molecule has 0 amide bonds. The molecular weight excluding hydrogens is 188 g/mol. The van der Waals surface area contributed by atoms with E-state index in [0.29, 0.717) is 0 Å². The molecule has 90 valence electrons. The van der Waals surface area contributed by atoms with Crippen molar-refractivity contribution in [1.82, 2.24) is 10.2 Å². The van der Waals surface area contributed by atoms with E-state index in [-0.39, 0.29) is 17.6 Å². The Labute approximate surface area is 93.9 Å². The van der Waals surface area contributed by atoms with Crippen LogP contribution in [0, 0.1) is 5.41 Å². The highest BCUT2D eigenvalue weighted by Gasteiger charge is 2.47. The quantitative estimate of drug-likeness (QED) is 0.719. The van der Waals surface area contributed by atoms with Crippen LogP contribution < -0.4 is 5.32 Å². The molecule has 1 unspecified atom stereocenters. The van der Waals surface area contributed by atoms with Crippen LogP contribution in [0.5, 0.6) is 0 Å². The van der Waals surface area contributed by atoms with Crippen molar-refractivity contribution >= 4 is 0 Å². The normalized spacial score (nSPS) is 30.0. The molecule has 0 aromatic carbocycles. The van der Waals surface area contributed by atoms with Crippen molar-refractivity contribution in [2.24, 2.45) is 5.41 Å². The first-order chi connectivity index (χ1) is 6.93. The van der Waals surface area contributed by atoms with Gasteiger partial charge < -0.3 is 15.3 Å². The van der Waals surface area contributed by atoms with Crippen LogP contribution in [0.3, 0.4) is 0 Å². The first kappa shape index (κ1) is 12.9. The van der Waals surface area contributed by atoms with E-state index in [9.17, 15) is 5.11 Å². The first-order valence-corrected chi connectivity index (χ1v) is 5.94. The van der Waals surface area contributed by atoms with E-state index < -0.39 is 0 Å². The van der Waals surface area contributed by atoms with Gasteiger partial charge >= 0.3 is 0 Å². The zero-order chi connectivity index (χ0) is 11.5. The topological polar surface area (TPSA) is 35.5 Å². The fourth-order valence-electron chi connectivity index (χ4n) is 2.61. The summed E-state index contributed by atoms with van der Waals surface area (Å²) in [6, 6.07) is 0. The van der Waals surface area contributed by atoms with Gasteiger partial charge in [-0.05, 0) is 32.4 Å². The van der Waals surface area contributed by atoms with Crippen LogP contribution in [0.15, 0.2) is 0 Å². The van der Waals surface area contributed by atoms with Crippen LogP contribution >= 0.6 is 0 Å². The van der Waals surface area contributed by atoms with Crippen molar-refractivity contribution in [3.63, 3.8) is 0 Å². The zero-order valence-electron chi connectivity index (χ0n) is 10.6. The van der Waals surface area contributed by atoms with Gasteiger partial charge in [-0.15, -0.1) is 0 Å². The van der Waals surface area contributed by atoms with Gasteiger partial charge in [-0.1, -0.05) is 20.3 Å². The second-order valence-corrected chi connectivity index (χ2v) is 5.71. The fraction of sp³-hybridized carbons (Fsp3) is 1.00. The first-order valence-electron chi connectivity index (χ1n) is 5.94. The maximum atomic E-state index is 9.64. The number of hydrogen-bond donors (Lipinski definition) is 2. The summed E-state index contributed by atoms with van der Waals surface area (Å²) in [6.45, 7) is 6.76. The molecule has 3 heteroatoms. The van der Waals surface area contributed by atoms with Gasteiger partial charge in [0.15, 0.2) is 0 Å². The molecule has 0 aromatic heterocycles. The molecule has 1 aliphatic carbocycles. The minimum absolute atomic E-state index is 0.0526. The maximum absolute atomic E-state index is 9.64. The van der Waals surface area contributed by atoms with E-state index in [4.69, 9.17) is 0 Å². The Morgan fingerprint density at radius 3 is 2.33 bits per heavy atom. The van der Waals surface area contributed by atoms with Gasteiger partial charge in [-0.3, -0.25) is 0 Å². The summed E-state index contributed by atoms with van der Waals surface area (Å²) in [4.78, 5) is 2.17. The van der Waals surface area contributed by atoms with Gasteiger partial charge in [-0.25, -0.2) is 0 Å². The van der Waals surface area contributed by atoms with Crippen LogP contribution in [0.1, 0.15) is 33.1 Å². The number of nitrogens with zero attached hydrogens (tertiary/aromatic N) is 1. The van der Waals surface area contributed by atoms with E-state index in [1.165, 1.54) is 12.8 Å². The summed E-state index contributed by atoms with van der Waals surface area (Å²) in [5, 5.41) is 13.2. The van der Waals surface area contributed by atoms with Crippen LogP contribution in [-0.2, 0) is 0 Å². The highest BCUT2D eigenvalue weighted by molar-refractivity contribution is 5.04. The molecule has 0 heterocycles. The summed E-state index contributed by atoms with van der Waals surface area (Å²) in [6.07, 6.45) is 3.54. The predicted octanol–water partition coefficient (Wildman–Crippen LogP) is 1.08. The third kappa shape index (κ3) is 2.71.